The molecule has 0 N–H and O–H groups in total. The Kier molecular flexibility index (Phi) is 5.91. The lowest BCUT2D eigenvalue weighted by molar-refractivity contribution is 0.0730. The van der Waals surface area contributed by atoms with E-state index >= 15 is 0 Å². The summed E-state index contributed by atoms with van der Waals surface area (Å²) in [7, 11) is -1.38. The first-order valence-electron chi connectivity index (χ1n) is 8.35. The molecule has 0 radical (unpaired) electrons. The van der Waals surface area contributed by atoms with Crippen LogP contribution in [-0.2, 0) is 27.8 Å². The summed E-state index contributed by atoms with van der Waals surface area (Å²) in [6.07, 6.45) is 0. The molecule has 136 valence electrons. The zero-order valence-electron chi connectivity index (χ0n) is 14.6. The Balaban J connectivity index is 1.71. The van der Waals surface area contributed by atoms with Crippen molar-refractivity contribution in [2.45, 2.75) is 24.9 Å². The highest BCUT2D eigenvalue weighted by molar-refractivity contribution is 7.89. The zero-order chi connectivity index (χ0) is 17.9. The van der Waals surface area contributed by atoms with Crippen LogP contribution in [0.5, 0.6) is 0 Å². The maximum atomic E-state index is 12.8. The lowest BCUT2D eigenvalue weighted by Gasteiger charge is -2.26. The molecule has 1 aliphatic heterocycles. The van der Waals surface area contributed by atoms with Crippen molar-refractivity contribution in [1.29, 1.82) is 0 Å². The normalized spacial score (nSPS) is 16.4. The SMILES string of the molecule is Cc1ccsc1CN(C)Cc1cccc(S(=O)(=O)N2CCOCC2)c1. The van der Waals surface area contributed by atoms with Gasteiger partial charge in [-0.2, -0.15) is 4.31 Å². The first-order chi connectivity index (χ1) is 12.0. The van der Waals surface area contributed by atoms with Gasteiger partial charge in [0.15, 0.2) is 0 Å². The van der Waals surface area contributed by atoms with Gasteiger partial charge in [-0.05, 0) is 48.7 Å². The Morgan fingerprint density at radius 3 is 2.64 bits per heavy atom. The number of ether oxygens (including phenoxy) is 1. The summed E-state index contributed by atoms with van der Waals surface area (Å²) >= 11 is 1.76. The van der Waals surface area contributed by atoms with Crippen molar-refractivity contribution in [3.63, 3.8) is 0 Å². The van der Waals surface area contributed by atoms with Gasteiger partial charge in [0.2, 0.25) is 10.0 Å². The van der Waals surface area contributed by atoms with Crippen LogP contribution in [0.3, 0.4) is 0 Å². The summed E-state index contributed by atoms with van der Waals surface area (Å²) in [5, 5.41) is 2.11. The Labute approximate surface area is 153 Å². The van der Waals surface area contributed by atoms with Crippen molar-refractivity contribution >= 4 is 21.4 Å². The standard InChI is InChI=1S/C18H24N2O3S2/c1-15-6-11-24-18(15)14-19(2)13-16-4-3-5-17(12-16)25(21,22)20-7-9-23-10-8-20/h3-6,11-12H,7-10,13-14H2,1-2H3. The molecule has 0 unspecified atom stereocenters. The Morgan fingerprint density at radius 1 is 1.20 bits per heavy atom. The molecule has 2 heterocycles. The molecule has 3 rings (SSSR count). The fourth-order valence-electron chi connectivity index (χ4n) is 2.92. The van der Waals surface area contributed by atoms with Crippen molar-refractivity contribution in [1.82, 2.24) is 9.21 Å². The summed E-state index contributed by atoms with van der Waals surface area (Å²) in [4.78, 5) is 3.92. The number of rotatable bonds is 6. The largest absolute Gasteiger partial charge is 0.379 e. The number of thiophene rings is 1. The van der Waals surface area contributed by atoms with Crippen molar-refractivity contribution in [3.05, 3.63) is 51.7 Å². The highest BCUT2D eigenvalue weighted by Crippen LogP contribution is 2.21. The fraction of sp³-hybridized carbons (Fsp3) is 0.444. The average molecular weight is 381 g/mol. The van der Waals surface area contributed by atoms with Gasteiger partial charge in [0, 0.05) is 31.1 Å². The Morgan fingerprint density at radius 2 is 1.96 bits per heavy atom. The molecule has 1 aliphatic rings. The summed E-state index contributed by atoms with van der Waals surface area (Å²) in [5.41, 5.74) is 2.31. The molecule has 0 atom stereocenters. The molecule has 25 heavy (non-hydrogen) atoms. The minimum atomic E-state index is -3.44. The Bertz CT molecular complexity index is 811. The van der Waals surface area contributed by atoms with E-state index in [1.165, 1.54) is 14.7 Å². The molecular weight excluding hydrogens is 356 g/mol. The van der Waals surface area contributed by atoms with Gasteiger partial charge in [0.05, 0.1) is 18.1 Å². The van der Waals surface area contributed by atoms with E-state index in [4.69, 9.17) is 4.74 Å². The lowest BCUT2D eigenvalue weighted by Crippen LogP contribution is -2.40. The predicted molar refractivity (Wildman–Crippen MR) is 100 cm³/mol. The molecule has 0 aliphatic carbocycles. The van der Waals surface area contributed by atoms with Crippen LogP contribution in [0, 0.1) is 6.92 Å². The number of hydrogen-bond acceptors (Lipinski definition) is 5. The molecular formula is C18H24N2O3S2. The van der Waals surface area contributed by atoms with Crippen molar-refractivity contribution in [3.8, 4) is 0 Å². The van der Waals surface area contributed by atoms with Crippen LogP contribution in [0.1, 0.15) is 16.0 Å². The van der Waals surface area contributed by atoms with Crippen molar-refractivity contribution in [2.75, 3.05) is 33.4 Å². The third-order valence-electron chi connectivity index (χ3n) is 4.34. The fourth-order valence-corrected chi connectivity index (χ4v) is 5.38. The predicted octanol–water partition coefficient (Wildman–Crippen LogP) is 2.71. The van der Waals surface area contributed by atoms with Crippen LogP contribution in [0.2, 0.25) is 0 Å². The molecule has 0 saturated carbocycles. The van der Waals surface area contributed by atoms with Crippen LogP contribution in [0.15, 0.2) is 40.6 Å². The van der Waals surface area contributed by atoms with Gasteiger partial charge in [-0.3, -0.25) is 4.90 Å². The van der Waals surface area contributed by atoms with Gasteiger partial charge >= 0.3 is 0 Å². The quantitative estimate of drug-likeness (QED) is 0.773. The maximum absolute atomic E-state index is 12.8. The second-order valence-corrected chi connectivity index (χ2v) is 9.30. The number of morpholine rings is 1. The van der Waals surface area contributed by atoms with Crippen LogP contribution >= 0.6 is 11.3 Å². The topological polar surface area (TPSA) is 49.9 Å². The number of hydrogen-bond donors (Lipinski definition) is 0. The zero-order valence-corrected chi connectivity index (χ0v) is 16.3. The van der Waals surface area contributed by atoms with Crippen LogP contribution in [0.4, 0.5) is 0 Å². The minimum Gasteiger partial charge on any atom is -0.379 e. The van der Waals surface area contributed by atoms with Crippen molar-refractivity contribution in [2.24, 2.45) is 0 Å². The summed E-state index contributed by atoms with van der Waals surface area (Å²) in [6, 6.07) is 9.41. The first kappa shape index (κ1) is 18.5. The molecule has 1 aromatic carbocycles. The molecule has 0 amide bonds. The highest BCUT2D eigenvalue weighted by atomic mass is 32.2. The van der Waals surface area contributed by atoms with Crippen LogP contribution in [-0.4, -0.2) is 51.0 Å². The molecule has 1 saturated heterocycles. The van der Waals surface area contributed by atoms with E-state index < -0.39 is 10.0 Å². The van der Waals surface area contributed by atoms with Crippen LogP contribution < -0.4 is 0 Å². The van der Waals surface area contributed by atoms with Crippen molar-refractivity contribution < 1.29 is 13.2 Å². The summed E-state index contributed by atoms with van der Waals surface area (Å²) < 4.78 is 32.3. The number of aryl methyl sites for hydroxylation is 1. The third-order valence-corrected chi connectivity index (χ3v) is 7.24. The van der Waals surface area contributed by atoms with Crippen LogP contribution in [0.25, 0.3) is 0 Å². The van der Waals surface area contributed by atoms with Gasteiger partial charge < -0.3 is 4.74 Å². The highest BCUT2D eigenvalue weighted by Gasteiger charge is 2.26. The van der Waals surface area contributed by atoms with Gasteiger partial charge in [-0.1, -0.05) is 12.1 Å². The molecule has 1 aromatic heterocycles. The van der Waals surface area contributed by atoms with Gasteiger partial charge in [-0.25, -0.2) is 8.42 Å². The Hall–Kier alpha value is -1.25. The molecule has 0 spiro atoms. The first-order valence-corrected chi connectivity index (χ1v) is 10.7. The molecule has 1 fully saturated rings. The second-order valence-electron chi connectivity index (χ2n) is 6.36. The molecule has 0 bridgehead atoms. The minimum absolute atomic E-state index is 0.368. The maximum Gasteiger partial charge on any atom is 0.243 e. The average Bonchev–Trinajstić information content (AvgIpc) is 3.00. The van der Waals surface area contributed by atoms with E-state index in [-0.39, 0.29) is 0 Å². The third kappa shape index (κ3) is 4.48. The van der Waals surface area contributed by atoms with E-state index in [0.29, 0.717) is 37.7 Å². The molecule has 5 nitrogen and oxygen atoms in total. The monoisotopic (exact) mass is 380 g/mol. The van der Waals surface area contributed by atoms with Gasteiger partial charge in [0.25, 0.3) is 0 Å². The molecule has 7 heteroatoms. The van der Waals surface area contributed by atoms with E-state index in [9.17, 15) is 8.42 Å². The van der Waals surface area contributed by atoms with Gasteiger partial charge in [0.1, 0.15) is 0 Å². The lowest BCUT2D eigenvalue weighted by atomic mass is 10.2. The van der Waals surface area contributed by atoms with E-state index in [1.807, 2.05) is 12.1 Å². The summed E-state index contributed by atoms with van der Waals surface area (Å²) in [5.74, 6) is 0. The second kappa shape index (κ2) is 7.97. The smallest absolute Gasteiger partial charge is 0.243 e. The molecule has 2 aromatic rings. The number of nitrogens with zero attached hydrogens (tertiary/aromatic N) is 2. The van der Waals surface area contributed by atoms with E-state index in [2.05, 4.69) is 30.3 Å². The van der Waals surface area contributed by atoms with E-state index in [0.717, 1.165) is 12.1 Å². The number of benzene rings is 1. The van der Waals surface area contributed by atoms with Gasteiger partial charge in [-0.15, -0.1) is 11.3 Å². The number of sulfonamides is 1. The summed E-state index contributed by atoms with van der Waals surface area (Å²) in [6.45, 7) is 5.46. The van der Waals surface area contributed by atoms with E-state index in [1.54, 1.807) is 23.5 Å².